The fraction of sp³-hybridized carbons (Fsp3) is 0.923. The highest BCUT2D eigenvalue weighted by atomic mass is 17.2. The van der Waals surface area contributed by atoms with Gasteiger partial charge in [-0.1, -0.05) is 32.6 Å². The number of aliphatic carboxylic acids is 1. The zero-order valence-corrected chi connectivity index (χ0v) is 11.1. The number of hydrogen-bond donors (Lipinski definition) is 1. The molecule has 2 atom stereocenters. The van der Waals surface area contributed by atoms with Gasteiger partial charge in [-0.25, -0.2) is 9.78 Å². The van der Waals surface area contributed by atoms with Gasteiger partial charge in [-0.05, 0) is 20.3 Å². The van der Waals surface area contributed by atoms with E-state index >= 15 is 0 Å². The van der Waals surface area contributed by atoms with E-state index < -0.39 is 11.4 Å². The molecule has 0 bridgehead atoms. The molecule has 1 heterocycles. The maximum atomic E-state index is 11.1. The molecule has 1 fully saturated rings. The third-order valence-electron chi connectivity index (χ3n) is 3.52. The van der Waals surface area contributed by atoms with Gasteiger partial charge < -0.3 is 5.11 Å². The minimum Gasteiger partial charge on any atom is -0.481 e. The van der Waals surface area contributed by atoms with Crippen LogP contribution < -0.4 is 0 Å². The summed E-state index contributed by atoms with van der Waals surface area (Å²) in [6.45, 7) is 5.55. The highest BCUT2D eigenvalue weighted by Crippen LogP contribution is 2.34. The average Bonchev–Trinajstić information content (AvgIpc) is 2.73. The number of carboxylic acid groups (broad SMARTS) is 1. The predicted octanol–water partition coefficient (Wildman–Crippen LogP) is 3.16. The lowest BCUT2D eigenvalue weighted by Crippen LogP contribution is -2.36. The molecule has 0 aromatic carbocycles. The maximum Gasteiger partial charge on any atom is 0.311 e. The van der Waals surface area contributed by atoms with Gasteiger partial charge in [0, 0.05) is 6.42 Å². The summed E-state index contributed by atoms with van der Waals surface area (Å²) in [7, 11) is 0. The van der Waals surface area contributed by atoms with Crippen molar-refractivity contribution in [2.24, 2.45) is 5.41 Å². The number of carboxylic acids is 1. The van der Waals surface area contributed by atoms with Crippen molar-refractivity contribution < 1.29 is 19.7 Å². The van der Waals surface area contributed by atoms with E-state index in [1.54, 1.807) is 13.8 Å². The Hall–Kier alpha value is -0.610. The summed E-state index contributed by atoms with van der Waals surface area (Å²) in [6, 6.07) is 0. The Kier molecular flexibility index (Phi) is 5.40. The SMILES string of the molecule is CCCCCCC1CC(C(C)(C)C(=O)O)OO1. The molecule has 1 saturated heterocycles. The fourth-order valence-electron chi connectivity index (χ4n) is 1.98. The van der Waals surface area contributed by atoms with E-state index in [1.165, 1.54) is 19.3 Å². The molecule has 1 aliphatic rings. The van der Waals surface area contributed by atoms with Crippen LogP contribution in [0.3, 0.4) is 0 Å². The van der Waals surface area contributed by atoms with Crippen LogP contribution in [0.2, 0.25) is 0 Å². The highest BCUT2D eigenvalue weighted by molar-refractivity contribution is 5.74. The summed E-state index contributed by atoms with van der Waals surface area (Å²) >= 11 is 0. The molecule has 17 heavy (non-hydrogen) atoms. The summed E-state index contributed by atoms with van der Waals surface area (Å²) in [5.41, 5.74) is -0.877. The first kappa shape index (κ1) is 14.5. The summed E-state index contributed by atoms with van der Waals surface area (Å²) in [5, 5.41) is 9.10. The van der Waals surface area contributed by atoms with E-state index in [0.29, 0.717) is 6.42 Å². The monoisotopic (exact) mass is 244 g/mol. The van der Waals surface area contributed by atoms with Crippen molar-refractivity contribution in [1.82, 2.24) is 0 Å². The maximum absolute atomic E-state index is 11.1. The average molecular weight is 244 g/mol. The van der Waals surface area contributed by atoms with Crippen LogP contribution in [0.5, 0.6) is 0 Å². The lowest BCUT2D eigenvalue weighted by Gasteiger charge is -2.23. The van der Waals surface area contributed by atoms with E-state index in [4.69, 9.17) is 14.9 Å². The van der Waals surface area contributed by atoms with Gasteiger partial charge in [-0.2, -0.15) is 0 Å². The van der Waals surface area contributed by atoms with Gasteiger partial charge in [-0.15, -0.1) is 0 Å². The molecule has 1 N–H and O–H groups in total. The van der Waals surface area contributed by atoms with E-state index in [2.05, 4.69) is 6.92 Å². The Morgan fingerprint density at radius 3 is 2.59 bits per heavy atom. The van der Waals surface area contributed by atoms with Crippen LogP contribution in [0.1, 0.15) is 59.3 Å². The Bertz CT molecular complexity index is 250. The molecular formula is C13H24O4. The first-order valence-electron chi connectivity index (χ1n) is 6.54. The summed E-state index contributed by atoms with van der Waals surface area (Å²) < 4.78 is 0. The molecule has 100 valence electrons. The molecule has 0 aromatic heterocycles. The lowest BCUT2D eigenvalue weighted by atomic mass is 9.83. The molecule has 4 heteroatoms. The van der Waals surface area contributed by atoms with Gasteiger partial charge in [0.05, 0.1) is 11.5 Å². The lowest BCUT2D eigenvalue weighted by molar-refractivity contribution is -0.310. The normalized spacial score (nSPS) is 25.1. The standard InChI is InChI=1S/C13H24O4/c1-4-5-6-7-8-10-9-11(17-16-10)13(2,3)12(14)15/h10-11H,4-9H2,1-3H3,(H,14,15). The Balaban J connectivity index is 2.30. The molecule has 2 unspecified atom stereocenters. The van der Waals surface area contributed by atoms with E-state index in [1.807, 2.05) is 0 Å². The van der Waals surface area contributed by atoms with Crippen LogP contribution in [-0.2, 0) is 14.6 Å². The van der Waals surface area contributed by atoms with Crippen LogP contribution in [0.25, 0.3) is 0 Å². The van der Waals surface area contributed by atoms with Crippen LogP contribution in [0.15, 0.2) is 0 Å². The Morgan fingerprint density at radius 1 is 1.29 bits per heavy atom. The predicted molar refractivity (Wildman–Crippen MR) is 64.5 cm³/mol. The number of unbranched alkanes of at least 4 members (excludes halogenated alkanes) is 3. The Labute approximate surface area is 103 Å². The molecule has 0 aromatic rings. The van der Waals surface area contributed by atoms with Gasteiger partial charge in [0.1, 0.15) is 6.10 Å². The molecular weight excluding hydrogens is 220 g/mol. The molecule has 1 aliphatic heterocycles. The van der Waals surface area contributed by atoms with Crippen LogP contribution in [-0.4, -0.2) is 23.3 Å². The molecule has 0 saturated carbocycles. The quantitative estimate of drug-likeness (QED) is 0.552. The molecule has 0 spiro atoms. The van der Waals surface area contributed by atoms with Gasteiger partial charge in [0.2, 0.25) is 0 Å². The van der Waals surface area contributed by atoms with Gasteiger partial charge >= 0.3 is 5.97 Å². The van der Waals surface area contributed by atoms with Crippen LogP contribution >= 0.6 is 0 Å². The first-order valence-corrected chi connectivity index (χ1v) is 6.54. The third-order valence-corrected chi connectivity index (χ3v) is 3.52. The summed E-state index contributed by atoms with van der Waals surface area (Å²) in [5.74, 6) is -0.835. The summed E-state index contributed by atoms with van der Waals surface area (Å²) in [4.78, 5) is 21.5. The van der Waals surface area contributed by atoms with E-state index in [-0.39, 0.29) is 12.2 Å². The summed E-state index contributed by atoms with van der Waals surface area (Å²) in [6.07, 6.45) is 6.18. The zero-order valence-electron chi connectivity index (χ0n) is 11.1. The van der Waals surface area contributed by atoms with Crippen molar-refractivity contribution in [2.45, 2.75) is 71.5 Å². The van der Waals surface area contributed by atoms with Crippen molar-refractivity contribution in [3.63, 3.8) is 0 Å². The third kappa shape index (κ3) is 3.96. The van der Waals surface area contributed by atoms with Gasteiger partial charge in [0.15, 0.2) is 0 Å². The Morgan fingerprint density at radius 2 is 2.00 bits per heavy atom. The molecule has 1 rings (SSSR count). The van der Waals surface area contributed by atoms with E-state index in [9.17, 15) is 4.79 Å². The molecule has 0 radical (unpaired) electrons. The zero-order chi connectivity index (χ0) is 12.9. The highest BCUT2D eigenvalue weighted by Gasteiger charge is 2.43. The number of carbonyl (C=O) groups is 1. The minimum absolute atomic E-state index is 0.0653. The van der Waals surface area contributed by atoms with E-state index in [0.717, 1.165) is 12.8 Å². The topological polar surface area (TPSA) is 55.8 Å². The molecule has 0 amide bonds. The molecule has 0 aliphatic carbocycles. The van der Waals surface area contributed by atoms with Crippen LogP contribution in [0, 0.1) is 5.41 Å². The second-order valence-electron chi connectivity index (χ2n) is 5.41. The second kappa shape index (κ2) is 6.36. The minimum atomic E-state index is -0.877. The smallest absolute Gasteiger partial charge is 0.311 e. The van der Waals surface area contributed by atoms with Crippen LogP contribution in [0.4, 0.5) is 0 Å². The second-order valence-corrected chi connectivity index (χ2v) is 5.41. The van der Waals surface area contributed by atoms with Gasteiger partial charge in [0.25, 0.3) is 0 Å². The largest absolute Gasteiger partial charge is 0.481 e. The number of hydrogen-bond acceptors (Lipinski definition) is 3. The molecule has 4 nitrogen and oxygen atoms in total. The van der Waals surface area contributed by atoms with Crippen molar-refractivity contribution in [1.29, 1.82) is 0 Å². The first-order chi connectivity index (χ1) is 7.98. The fourth-order valence-corrected chi connectivity index (χ4v) is 1.98. The van der Waals surface area contributed by atoms with Crippen molar-refractivity contribution >= 4 is 5.97 Å². The van der Waals surface area contributed by atoms with Crippen molar-refractivity contribution in [3.05, 3.63) is 0 Å². The van der Waals surface area contributed by atoms with Crippen molar-refractivity contribution in [3.8, 4) is 0 Å². The van der Waals surface area contributed by atoms with Crippen molar-refractivity contribution in [2.75, 3.05) is 0 Å². The number of rotatable bonds is 7. The van der Waals surface area contributed by atoms with Gasteiger partial charge in [-0.3, -0.25) is 4.79 Å².